The third-order valence-corrected chi connectivity index (χ3v) is 3.54. The highest BCUT2D eigenvalue weighted by molar-refractivity contribution is 6.07. The summed E-state index contributed by atoms with van der Waals surface area (Å²) < 4.78 is 0. The fraction of sp³-hybridized carbons (Fsp3) is 0. The minimum absolute atomic E-state index is 0.0688. The van der Waals surface area contributed by atoms with E-state index in [0.29, 0.717) is 11.1 Å². The lowest BCUT2D eigenvalue weighted by atomic mass is 10.0. The number of nitrogens with zero attached hydrogens (tertiary/aromatic N) is 2. The van der Waals surface area contributed by atoms with E-state index in [0.717, 1.165) is 10.8 Å². The molecule has 3 rings (SSSR count). The molecule has 3 aromatic carbocycles. The number of hydrazone groups is 1. The van der Waals surface area contributed by atoms with Crippen LogP contribution in [0.3, 0.4) is 0 Å². The van der Waals surface area contributed by atoms with Crippen molar-refractivity contribution in [2.24, 2.45) is 5.10 Å². The Labute approximate surface area is 137 Å². The topological polar surface area (TPSA) is 84.6 Å². The molecule has 6 nitrogen and oxygen atoms in total. The molecule has 24 heavy (non-hydrogen) atoms. The van der Waals surface area contributed by atoms with Crippen LogP contribution in [0.2, 0.25) is 0 Å². The Kier molecular flexibility index (Phi) is 4.29. The van der Waals surface area contributed by atoms with Gasteiger partial charge in [0.2, 0.25) is 0 Å². The van der Waals surface area contributed by atoms with E-state index in [2.05, 4.69) is 10.5 Å². The normalized spacial score (nSPS) is 10.8. The van der Waals surface area contributed by atoms with Gasteiger partial charge in [0.25, 0.3) is 11.6 Å². The Morgan fingerprint density at radius 3 is 2.54 bits per heavy atom. The number of fused-ring (bicyclic) bond motifs is 1. The molecule has 0 aliphatic carbocycles. The smallest absolute Gasteiger partial charge is 0.267 e. The van der Waals surface area contributed by atoms with Gasteiger partial charge in [-0.3, -0.25) is 14.9 Å². The van der Waals surface area contributed by atoms with Crippen molar-refractivity contribution in [2.75, 3.05) is 0 Å². The summed E-state index contributed by atoms with van der Waals surface area (Å²) >= 11 is 0. The van der Waals surface area contributed by atoms with Gasteiger partial charge in [0.05, 0.1) is 16.7 Å². The first kappa shape index (κ1) is 15.4. The van der Waals surface area contributed by atoms with Crippen molar-refractivity contribution >= 4 is 28.6 Å². The third-order valence-electron chi connectivity index (χ3n) is 3.54. The van der Waals surface area contributed by atoms with E-state index in [4.69, 9.17) is 0 Å². The van der Waals surface area contributed by atoms with Crippen molar-refractivity contribution < 1.29 is 9.72 Å². The molecule has 0 atom stereocenters. The molecule has 0 aliphatic heterocycles. The minimum Gasteiger partial charge on any atom is -0.267 e. The van der Waals surface area contributed by atoms with E-state index < -0.39 is 4.92 Å². The predicted molar refractivity (Wildman–Crippen MR) is 92.1 cm³/mol. The van der Waals surface area contributed by atoms with Gasteiger partial charge in [-0.1, -0.05) is 48.5 Å². The van der Waals surface area contributed by atoms with Crippen molar-refractivity contribution in [3.05, 3.63) is 88.0 Å². The second-order valence-electron chi connectivity index (χ2n) is 5.04. The minimum atomic E-state index is -0.492. The zero-order valence-corrected chi connectivity index (χ0v) is 12.5. The average molecular weight is 319 g/mol. The van der Waals surface area contributed by atoms with E-state index >= 15 is 0 Å². The summed E-state index contributed by atoms with van der Waals surface area (Å²) in [4.78, 5) is 22.8. The number of para-hydroxylation sites is 1. The number of nitro benzene ring substituents is 1. The van der Waals surface area contributed by atoms with E-state index in [-0.39, 0.29) is 11.6 Å². The molecule has 0 saturated carbocycles. The molecule has 0 unspecified atom stereocenters. The van der Waals surface area contributed by atoms with Crippen LogP contribution in [0.15, 0.2) is 71.8 Å². The molecule has 0 saturated heterocycles. The lowest BCUT2D eigenvalue weighted by Crippen LogP contribution is -2.18. The molecule has 0 heterocycles. The molecule has 0 fully saturated rings. The highest BCUT2D eigenvalue weighted by Gasteiger charge is 2.11. The largest absolute Gasteiger partial charge is 0.278 e. The van der Waals surface area contributed by atoms with Crippen molar-refractivity contribution in [2.45, 2.75) is 0 Å². The van der Waals surface area contributed by atoms with Gasteiger partial charge in [0, 0.05) is 11.6 Å². The fourth-order valence-electron chi connectivity index (χ4n) is 2.41. The van der Waals surface area contributed by atoms with Crippen molar-refractivity contribution in [3.63, 3.8) is 0 Å². The second-order valence-corrected chi connectivity index (χ2v) is 5.04. The molecule has 0 radical (unpaired) electrons. The lowest BCUT2D eigenvalue weighted by Gasteiger charge is -2.04. The molecule has 1 amide bonds. The molecular weight excluding hydrogens is 306 g/mol. The van der Waals surface area contributed by atoms with Gasteiger partial charge in [0.1, 0.15) is 0 Å². The van der Waals surface area contributed by atoms with E-state index in [9.17, 15) is 14.9 Å². The summed E-state index contributed by atoms with van der Waals surface area (Å²) in [5, 5.41) is 16.6. The van der Waals surface area contributed by atoms with Gasteiger partial charge >= 0.3 is 0 Å². The van der Waals surface area contributed by atoms with E-state index in [1.165, 1.54) is 12.3 Å². The van der Waals surface area contributed by atoms with Gasteiger partial charge in [-0.05, 0) is 22.9 Å². The van der Waals surface area contributed by atoms with Crippen LogP contribution in [0.25, 0.3) is 10.8 Å². The Bertz CT molecular complexity index is 946. The Balaban J connectivity index is 1.82. The molecular formula is C18H13N3O3. The fourth-order valence-corrected chi connectivity index (χ4v) is 2.41. The van der Waals surface area contributed by atoms with Crippen molar-refractivity contribution in [1.29, 1.82) is 0 Å². The van der Waals surface area contributed by atoms with Crippen molar-refractivity contribution in [3.8, 4) is 0 Å². The second kappa shape index (κ2) is 6.70. The predicted octanol–water partition coefficient (Wildman–Crippen LogP) is 3.51. The van der Waals surface area contributed by atoms with Crippen LogP contribution >= 0.6 is 0 Å². The SMILES string of the molecule is O=C(N/N=C\c1ccccc1[N+](=O)[O-])c1cccc2ccccc12. The number of carbonyl (C=O) groups is 1. The number of benzene rings is 3. The number of nitro groups is 1. The van der Waals surface area contributed by atoms with Crippen LogP contribution < -0.4 is 5.43 Å². The van der Waals surface area contributed by atoms with Gasteiger partial charge in [-0.15, -0.1) is 0 Å². The summed E-state index contributed by atoms with van der Waals surface area (Å²) in [6.07, 6.45) is 1.27. The lowest BCUT2D eigenvalue weighted by molar-refractivity contribution is -0.385. The van der Waals surface area contributed by atoms with Gasteiger partial charge in [0.15, 0.2) is 0 Å². The van der Waals surface area contributed by atoms with Crippen molar-refractivity contribution in [1.82, 2.24) is 5.43 Å². The van der Waals surface area contributed by atoms with Gasteiger partial charge in [-0.2, -0.15) is 5.10 Å². The summed E-state index contributed by atoms with van der Waals surface area (Å²) in [7, 11) is 0. The molecule has 0 aromatic heterocycles. The van der Waals surface area contributed by atoms with E-state index in [1.807, 2.05) is 30.3 Å². The summed E-state index contributed by atoms with van der Waals surface area (Å²) in [6.45, 7) is 0. The first-order chi connectivity index (χ1) is 11.7. The number of hydrogen-bond acceptors (Lipinski definition) is 4. The maximum absolute atomic E-state index is 12.3. The van der Waals surface area contributed by atoms with Crippen LogP contribution in [0.5, 0.6) is 0 Å². The molecule has 1 N–H and O–H groups in total. The standard InChI is InChI=1S/C18H13N3O3/c22-18(16-10-5-8-13-6-1-3-9-15(13)16)20-19-12-14-7-2-4-11-17(14)21(23)24/h1-12H,(H,20,22)/b19-12-. The number of carbonyl (C=O) groups excluding carboxylic acids is 1. The first-order valence-electron chi connectivity index (χ1n) is 7.21. The number of nitrogens with one attached hydrogen (secondary N) is 1. The zero-order valence-electron chi connectivity index (χ0n) is 12.5. The zero-order chi connectivity index (χ0) is 16.9. The number of rotatable bonds is 4. The maximum Gasteiger partial charge on any atom is 0.278 e. The van der Waals surface area contributed by atoms with Crippen LogP contribution in [-0.4, -0.2) is 17.0 Å². The molecule has 3 aromatic rings. The quantitative estimate of drug-likeness (QED) is 0.453. The highest BCUT2D eigenvalue weighted by Crippen LogP contribution is 2.18. The maximum atomic E-state index is 12.3. The average Bonchev–Trinajstić information content (AvgIpc) is 2.61. The third kappa shape index (κ3) is 3.12. The molecule has 0 spiro atoms. The Hall–Kier alpha value is -3.54. The first-order valence-corrected chi connectivity index (χ1v) is 7.21. The Morgan fingerprint density at radius 2 is 1.71 bits per heavy atom. The highest BCUT2D eigenvalue weighted by atomic mass is 16.6. The monoisotopic (exact) mass is 319 g/mol. The summed E-state index contributed by atoms with van der Waals surface area (Å²) in [5.74, 6) is -0.373. The molecule has 118 valence electrons. The summed E-state index contributed by atoms with van der Waals surface area (Å²) in [5.41, 5.74) is 3.16. The van der Waals surface area contributed by atoms with Gasteiger partial charge in [-0.25, -0.2) is 5.43 Å². The Morgan fingerprint density at radius 1 is 1.00 bits per heavy atom. The van der Waals surface area contributed by atoms with Gasteiger partial charge < -0.3 is 0 Å². The molecule has 0 bridgehead atoms. The van der Waals surface area contributed by atoms with Crippen LogP contribution in [0.4, 0.5) is 5.69 Å². The molecule has 6 heteroatoms. The van der Waals surface area contributed by atoms with Crippen LogP contribution in [0, 0.1) is 10.1 Å². The molecule has 0 aliphatic rings. The van der Waals surface area contributed by atoms with Crippen LogP contribution in [-0.2, 0) is 0 Å². The van der Waals surface area contributed by atoms with E-state index in [1.54, 1.807) is 30.3 Å². The number of amides is 1. The summed E-state index contributed by atoms with van der Waals surface area (Å²) in [6, 6.07) is 19.1. The number of hydrogen-bond donors (Lipinski definition) is 1. The van der Waals surface area contributed by atoms with Crippen LogP contribution in [0.1, 0.15) is 15.9 Å².